The van der Waals surface area contributed by atoms with E-state index >= 15 is 0 Å². The number of benzene rings is 1. The van der Waals surface area contributed by atoms with E-state index < -0.39 is 33.7 Å². The van der Waals surface area contributed by atoms with Crippen molar-refractivity contribution in [3.63, 3.8) is 0 Å². The molecule has 1 heterocycles. The molecule has 10 heteroatoms. The first-order chi connectivity index (χ1) is 9.90. The first-order valence-electron chi connectivity index (χ1n) is 5.60. The van der Waals surface area contributed by atoms with Gasteiger partial charge in [-0.1, -0.05) is 5.16 Å². The zero-order valence-electron chi connectivity index (χ0n) is 10.6. The van der Waals surface area contributed by atoms with Crippen LogP contribution in [0.2, 0.25) is 0 Å². The first kappa shape index (κ1) is 14.5. The second kappa shape index (κ2) is 5.61. The van der Waals surface area contributed by atoms with Crippen LogP contribution in [0.25, 0.3) is 0 Å². The quantitative estimate of drug-likeness (QED) is 0.676. The van der Waals surface area contributed by atoms with Crippen LogP contribution in [0.5, 0.6) is 0 Å². The highest BCUT2D eigenvalue weighted by molar-refractivity contribution is 5.95. The van der Waals surface area contributed by atoms with E-state index in [1.807, 2.05) is 0 Å². The zero-order chi connectivity index (χ0) is 15.6. The number of carbonyl (C=O) groups is 1. The monoisotopic (exact) mass is 298 g/mol. The molecule has 0 aliphatic carbocycles. The van der Waals surface area contributed by atoms with E-state index in [0.717, 1.165) is 0 Å². The van der Waals surface area contributed by atoms with Crippen LogP contribution in [0, 0.1) is 28.7 Å². The number of hydrogen-bond acceptors (Lipinski definition) is 6. The summed E-state index contributed by atoms with van der Waals surface area (Å²) in [6, 6.07) is 1.29. The number of halogens is 2. The van der Waals surface area contributed by atoms with Crippen molar-refractivity contribution < 1.29 is 23.0 Å². The van der Waals surface area contributed by atoms with Crippen molar-refractivity contribution in [1.82, 2.24) is 15.5 Å². The molecule has 1 N–H and O–H groups in total. The maximum Gasteiger partial charge on any atom is 0.305 e. The fourth-order valence-corrected chi connectivity index (χ4v) is 1.55. The maximum atomic E-state index is 13.8. The van der Waals surface area contributed by atoms with Crippen LogP contribution in [-0.4, -0.2) is 21.0 Å². The third-order valence-corrected chi connectivity index (χ3v) is 2.47. The lowest BCUT2D eigenvalue weighted by molar-refractivity contribution is -0.387. The smallest absolute Gasteiger partial charge is 0.305 e. The fraction of sp³-hybridized carbons (Fsp3) is 0.182. The highest BCUT2D eigenvalue weighted by Gasteiger charge is 2.26. The standard InChI is InChI=1S/C11H8F2N4O4/c1-5-15-8(16-21-5)4-14-11(18)9-6(12)2-3-7(10(9)13)17(19)20/h2-3H,4H2,1H3,(H,14,18). The summed E-state index contributed by atoms with van der Waals surface area (Å²) >= 11 is 0. The van der Waals surface area contributed by atoms with E-state index in [-0.39, 0.29) is 18.3 Å². The number of aromatic nitrogens is 2. The number of nitro benzene ring substituents is 1. The van der Waals surface area contributed by atoms with E-state index in [0.29, 0.717) is 12.1 Å². The second-order valence-corrected chi connectivity index (χ2v) is 3.92. The van der Waals surface area contributed by atoms with Gasteiger partial charge in [-0.15, -0.1) is 0 Å². The van der Waals surface area contributed by atoms with Crippen LogP contribution in [0.1, 0.15) is 22.1 Å². The van der Waals surface area contributed by atoms with Gasteiger partial charge in [-0.2, -0.15) is 9.37 Å². The van der Waals surface area contributed by atoms with Gasteiger partial charge in [0.2, 0.25) is 11.7 Å². The largest absolute Gasteiger partial charge is 0.344 e. The minimum absolute atomic E-state index is 0.104. The molecule has 1 aromatic carbocycles. The van der Waals surface area contributed by atoms with E-state index in [4.69, 9.17) is 0 Å². The van der Waals surface area contributed by atoms with E-state index in [1.165, 1.54) is 6.92 Å². The molecule has 0 spiro atoms. The predicted octanol–water partition coefficient (Wildman–Crippen LogP) is 1.49. The number of amides is 1. The lowest BCUT2D eigenvalue weighted by Crippen LogP contribution is -2.26. The maximum absolute atomic E-state index is 13.8. The summed E-state index contributed by atoms with van der Waals surface area (Å²) in [5, 5.41) is 16.2. The molecule has 0 unspecified atom stereocenters. The minimum atomic E-state index is -1.54. The first-order valence-corrected chi connectivity index (χ1v) is 5.60. The number of rotatable bonds is 4. The summed E-state index contributed by atoms with van der Waals surface area (Å²) in [5.74, 6) is -3.54. The molecule has 1 aromatic heterocycles. The van der Waals surface area contributed by atoms with Crippen molar-refractivity contribution >= 4 is 11.6 Å². The van der Waals surface area contributed by atoms with Gasteiger partial charge in [-0.3, -0.25) is 14.9 Å². The Morgan fingerprint density at radius 1 is 1.48 bits per heavy atom. The molecular formula is C11H8F2N4O4. The highest BCUT2D eigenvalue weighted by atomic mass is 19.1. The summed E-state index contributed by atoms with van der Waals surface area (Å²) in [5.41, 5.74) is -2.03. The Kier molecular flexibility index (Phi) is 3.87. The highest BCUT2D eigenvalue weighted by Crippen LogP contribution is 2.22. The van der Waals surface area contributed by atoms with Gasteiger partial charge < -0.3 is 9.84 Å². The minimum Gasteiger partial charge on any atom is -0.344 e. The molecule has 0 aliphatic heterocycles. The summed E-state index contributed by atoms with van der Waals surface area (Å²) in [4.78, 5) is 25.0. The fourth-order valence-electron chi connectivity index (χ4n) is 1.55. The lowest BCUT2D eigenvalue weighted by Gasteiger charge is -2.05. The molecule has 1 amide bonds. The zero-order valence-corrected chi connectivity index (χ0v) is 10.6. The third kappa shape index (κ3) is 2.99. The molecule has 21 heavy (non-hydrogen) atoms. The lowest BCUT2D eigenvalue weighted by atomic mass is 10.1. The van der Waals surface area contributed by atoms with Gasteiger partial charge in [0.05, 0.1) is 11.5 Å². The molecule has 0 fully saturated rings. The normalized spacial score (nSPS) is 10.4. The Balaban J connectivity index is 2.22. The summed E-state index contributed by atoms with van der Waals surface area (Å²) in [7, 11) is 0. The van der Waals surface area contributed by atoms with Crippen molar-refractivity contribution in [1.29, 1.82) is 0 Å². The van der Waals surface area contributed by atoms with Gasteiger partial charge in [0, 0.05) is 13.0 Å². The molecule has 0 aliphatic rings. The Morgan fingerprint density at radius 3 is 2.76 bits per heavy atom. The number of aryl methyl sites for hydroxylation is 1. The molecule has 0 radical (unpaired) electrons. The average Bonchev–Trinajstić information content (AvgIpc) is 2.82. The number of hydrogen-bond donors (Lipinski definition) is 1. The molecule has 8 nitrogen and oxygen atoms in total. The van der Waals surface area contributed by atoms with Crippen LogP contribution in [-0.2, 0) is 6.54 Å². The van der Waals surface area contributed by atoms with E-state index in [1.54, 1.807) is 0 Å². The Hall–Kier alpha value is -2.91. The van der Waals surface area contributed by atoms with Crippen LogP contribution < -0.4 is 5.32 Å². The van der Waals surface area contributed by atoms with E-state index in [9.17, 15) is 23.7 Å². The van der Waals surface area contributed by atoms with Crippen molar-refractivity contribution in [3.05, 3.63) is 51.2 Å². The van der Waals surface area contributed by atoms with Crippen LogP contribution in [0.3, 0.4) is 0 Å². The van der Waals surface area contributed by atoms with Crippen molar-refractivity contribution in [2.45, 2.75) is 13.5 Å². The Labute approximate surface area is 115 Å². The Bertz CT molecular complexity index is 716. The molecular weight excluding hydrogens is 290 g/mol. The van der Waals surface area contributed by atoms with Gasteiger partial charge in [-0.25, -0.2) is 4.39 Å². The number of nitro groups is 1. The molecule has 0 atom stereocenters. The van der Waals surface area contributed by atoms with Crippen molar-refractivity contribution in [3.8, 4) is 0 Å². The second-order valence-electron chi connectivity index (χ2n) is 3.92. The van der Waals surface area contributed by atoms with Gasteiger partial charge in [0.1, 0.15) is 11.4 Å². The molecule has 0 saturated heterocycles. The van der Waals surface area contributed by atoms with Crippen molar-refractivity contribution in [2.24, 2.45) is 0 Å². The molecule has 2 rings (SSSR count). The topological polar surface area (TPSA) is 111 Å². The van der Waals surface area contributed by atoms with E-state index in [2.05, 4.69) is 20.0 Å². The number of nitrogens with zero attached hydrogens (tertiary/aromatic N) is 3. The summed E-state index contributed by atoms with van der Waals surface area (Å²) < 4.78 is 31.9. The molecule has 0 saturated carbocycles. The van der Waals surface area contributed by atoms with Gasteiger partial charge in [0.15, 0.2) is 5.82 Å². The molecule has 110 valence electrons. The van der Waals surface area contributed by atoms with Gasteiger partial charge in [-0.05, 0) is 6.07 Å². The summed E-state index contributed by atoms with van der Waals surface area (Å²) in [6.07, 6.45) is 0. The number of nitrogens with one attached hydrogen (secondary N) is 1. The number of carbonyl (C=O) groups excluding carboxylic acids is 1. The van der Waals surface area contributed by atoms with Crippen LogP contribution in [0.4, 0.5) is 14.5 Å². The SMILES string of the molecule is Cc1nc(CNC(=O)c2c(F)ccc([N+](=O)[O-])c2F)no1. The van der Waals surface area contributed by atoms with Crippen molar-refractivity contribution in [2.75, 3.05) is 0 Å². The third-order valence-electron chi connectivity index (χ3n) is 2.47. The van der Waals surface area contributed by atoms with Crippen LogP contribution >= 0.6 is 0 Å². The summed E-state index contributed by atoms with van der Waals surface area (Å²) in [6.45, 7) is 1.29. The molecule has 2 aromatic rings. The molecule has 0 bridgehead atoms. The predicted molar refractivity (Wildman–Crippen MR) is 63.2 cm³/mol. The Morgan fingerprint density at radius 2 is 2.19 bits per heavy atom. The average molecular weight is 298 g/mol. The van der Waals surface area contributed by atoms with Crippen LogP contribution in [0.15, 0.2) is 16.7 Å². The van der Waals surface area contributed by atoms with Gasteiger partial charge in [0.25, 0.3) is 5.91 Å². The van der Waals surface area contributed by atoms with Gasteiger partial charge >= 0.3 is 5.69 Å².